The minimum Gasteiger partial charge on any atom is -0.368 e. The van der Waals surface area contributed by atoms with E-state index in [9.17, 15) is 18.8 Å². The number of nitrogens with two attached hydrogens (primary N) is 1. The van der Waals surface area contributed by atoms with E-state index in [1.807, 2.05) is 0 Å². The number of carbonyl (C=O) groups is 3. The number of halogens is 2. The average molecular weight is 394 g/mol. The highest BCUT2D eigenvalue weighted by atomic mass is 79.9. The Hall–Kier alpha value is -2.74. The predicted octanol–water partition coefficient (Wildman–Crippen LogP) is 2.06. The van der Waals surface area contributed by atoms with Crippen molar-refractivity contribution in [2.45, 2.75) is 0 Å². The van der Waals surface area contributed by atoms with Crippen LogP contribution in [0.1, 0.15) is 20.7 Å². The van der Waals surface area contributed by atoms with Crippen LogP contribution in [0.15, 0.2) is 46.9 Å². The molecule has 0 aromatic heterocycles. The van der Waals surface area contributed by atoms with Gasteiger partial charge < -0.3 is 16.4 Å². The molecule has 0 radical (unpaired) electrons. The van der Waals surface area contributed by atoms with Crippen molar-refractivity contribution >= 4 is 39.3 Å². The molecule has 0 fully saturated rings. The van der Waals surface area contributed by atoms with E-state index >= 15 is 0 Å². The fraction of sp³-hybridized carbons (Fsp3) is 0.0625. The molecule has 0 saturated heterocycles. The number of carbonyl (C=O) groups excluding carboxylic acids is 3. The van der Waals surface area contributed by atoms with E-state index in [4.69, 9.17) is 5.73 Å². The molecule has 2 aromatic rings. The highest BCUT2D eigenvalue weighted by molar-refractivity contribution is 9.10. The first-order valence-corrected chi connectivity index (χ1v) is 7.59. The van der Waals surface area contributed by atoms with E-state index in [1.54, 1.807) is 18.2 Å². The summed E-state index contributed by atoms with van der Waals surface area (Å²) in [5.74, 6) is -2.50. The SMILES string of the molecule is NC(=O)CNC(=O)c1cccc(NC(=O)c2ccc(Br)cc2F)c1. The molecule has 6 nitrogen and oxygen atoms in total. The van der Waals surface area contributed by atoms with E-state index < -0.39 is 23.5 Å². The van der Waals surface area contributed by atoms with Gasteiger partial charge in [0.15, 0.2) is 0 Å². The van der Waals surface area contributed by atoms with Gasteiger partial charge in [-0.1, -0.05) is 22.0 Å². The van der Waals surface area contributed by atoms with Crippen LogP contribution in [0, 0.1) is 5.82 Å². The van der Waals surface area contributed by atoms with Crippen LogP contribution in [0.25, 0.3) is 0 Å². The summed E-state index contributed by atoms with van der Waals surface area (Å²) < 4.78 is 14.3. The Morgan fingerprint density at radius 2 is 1.83 bits per heavy atom. The minimum atomic E-state index is -0.669. The molecule has 3 amide bonds. The van der Waals surface area contributed by atoms with Gasteiger partial charge in [-0.3, -0.25) is 14.4 Å². The number of rotatable bonds is 5. The first-order chi connectivity index (χ1) is 11.4. The molecular weight excluding hydrogens is 381 g/mol. The Morgan fingerprint density at radius 3 is 2.50 bits per heavy atom. The molecule has 24 heavy (non-hydrogen) atoms. The van der Waals surface area contributed by atoms with E-state index in [2.05, 4.69) is 26.6 Å². The maximum absolute atomic E-state index is 13.8. The first kappa shape index (κ1) is 17.6. The number of benzene rings is 2. The molecule has 4 N–H and O–H groups in total. The number of hydrogen-bond acceptors (Lipinski definition) is 3. The van der Waals surface area contributed by atoms with Crippen LogP contribution in [-0.2, 0) is 4.79 Å². The normalized spacial score (nSPS) is 10.1. The van der Waals surface area contributed by atoms with E-state index in [-0.39, 0.29) is 17.7 Å². The van der Waals surface area contributed by atoms with Crippen molar-refractivity contribution in [3.05, 3.63) is 63.9 Å². The molecule has 0 saturated carbocycles. The third-order valence-electron chi connectivity index (χ3n) is 2.98. The van der Waals surface area contributed by atoms with Crippen LogP contribution in [0.3, 0.4) is 0 Å². The van der Waals surface area contributed by atoms with Crippen LogP contribution < -0.4 is 16.4 Å². The molecule has 0 aliphatic carbocycles. The Balaban J connectivity index is 2.12. The zero-order valence-electron chi connectivity index (χ0n) is 12.3. The van der Waals surface area contributed by atoms with E-state index in [0.717, 1.165) is 0 Å². The molecule has 124 valence electrons. The lowest BCUT2D eigenvalue weighted by molar-refractivity contribution is -0.117. The lowest BCUT2D eigenvalue weighted by atomic mass is 10.1. The monoisotopic (exact) mass is 393 g/mol. The van der Waals surface area contributed by atoms with Crippen molar-refractivity contribution in [1.82, 2.24) is 5.32 Å². The molecule has 0 aliphatic rings. The summed E-state index contributed by atoms with van der Waals surface area (Å²) in [6.07, 6.45) is 0. The van der Waals surface area contributed by atoms with Crippen molar-refractivity contribution in [2.75, 3.05) is 11.9 Å². The largest absolute Gasteiger partial charge is 0.368 e. The number of anilines is 1. The van der Waals surface area contributed by atoms with Gasteiger partial charge in [-0.2, -0.15) is 0 Å². The molecular formula is C16H13BrFN3O3. The zero-order valence-corrected chi connectivity index (χ0v) is 13.9. The molecule has 8 heteroatoms. The third-order valence-corrected chi connectivity index (χ3v) is 3.47. The number of hydrogen-bond donors (Lipinski definition) is 3. The van der Waals surface area contributed by atoms with Gasteiger partial charge in [0, 0.05) is 15.7 Å². The molecule has 2 rings (SSSR count). The quantitative estimate of drug-likeness (QED) is 0.724. The maximum Gasteiger partial charge on any atom is 0.258 e. The second kappa shape index (κ2) is 7.69. The summed E-state index contributed by atoms with van der Waals surface area (Å²) in [7, 11) is 0. The molecule has 0 unspecified atom stereocenters. The standard InChI is InChI=1S/C16H13BrFN3O3/c17-10-4-5-12(13(18)7-10)16(24)21-11-3-1-2-9(6-11)15(23)20-8-14(19)22/h1-7H,8H2,(H2,19,22)(H,20,23)(H,21,24). The smallest absolute Gasteiger partial charge is 0.258 e. The molecule has 0 atom stereocenters. The first-order valence-electron chi connectivity index (χ1n) is 6.80. The van der Waals surface area contributed by atoms with E-state index in [0.29, 0.717) is 10.2 Å². The summed E-state index contributed by atoms with van der Waals surface area (Å²) in [6.45, 7) is -0.292. The molecule has 0 bridgehead atoms. The third kappa shape index (κ3) is 4.63. The summed E-state index contributed by atoms with van der Waals surface area (Å²) >= 11 is 3.11. The molecule has 2 aromatic carbocycles. The van der Waals surface area contributed by atoms with Crippen LogP contribution in [-0.4, -0.2) is 24.3 Å². The fourth-order valence-corrected chi connectivity index (χ4v) is 2.21. The van der Waals surface area contributed by atoms with Crippen LogP contribution in [0.5, 0.6) is 0 Å². The van der Waals surface area contributed by atoms with Gasteiger partial charge in [-0.25, -0.2) is 4.39 Å². The Morgan fingerprint density at radius 1 is 1.08 bits per heavy atom. The second-order valence-corrected chi connectivity index (χ2v) is 5.72. The minimum absolute atomic E-state index is 0.123. The van der Waals surface area contributed by atoms with Gasteiger partial charge in [0.25, 0.3) is 11.8 Å². The lowest BCUT2D eigenvalue weighted by Crippen LogP contribution is -2.33. The Kier molecular flexibility index (Phi) is 5.64. The topological polar surface area (TPSA) is 101 Å². The van der Waals surface area contributed by atoms with Gasteiger partial charge in [0.05, 0.1) is 12.1 Å². The van der Waals surface area contributed by atoms with Gasteiger partial charge in [0.2, 0.25) is 5.91 Å². The van der Waals surface area contributed by atoms with E-state index in [1.165, 1.54) is 24.3 Å². The number of primary amides is 1. The Bertz CT molecular complexity index is 811. The van der Waals surface area contributed by atoms with Gasteiger partial charge in [-0.05, 0) is 36.4 Å². The number of amides is 3. The molecule has 0 heterocycles. The summed E-state index contributed by atoms with van der Waals surface area (Å²) in [5, 5.41) is 4.85. The predicted molar refractivity (Wildman–Crippen MR) is 90.0 cm³/mol. The van der Waals surface area contributed by atoms with Crippen LogP contribution in [0.2, 0.25) is 0 Å². The molecule has 0 spiro atoms. The second-order valence-electron chi connectivity index (χ2n) is 4.81. The average Bonchev–Trinajstić information content (AvgIpc) is 2.52. The van der Waals surface area contributed by atoms with Crippen molar-refractivity contribution in [2.24, 2.45) is 5.73 Å². The van der Waals surface area contributed by atoms with Crippen molar-refractivity contribution in [3.63, 3.8) is 0 Å². The van der Waals surface area contributed by atoms with Crippen LogP contribution >= 0.6 is 15.9 Å². The fourth-order valence-electron chi connectivity index (χ4n) is 1.88. The Labute approximate surface area is 145 Å². The van der Waals surface area contributed by atoms with Crippen molar-refractivity contribution in [3.8, 4) is 0 Å². The van der Waals surface area contributed by atoms with Gasteiger partial charge in [-0.15, -0.1) is 0 Å². The lowest BCUT2D eigenvalue weighted by Gasteiger charge is -2.08. The highest BCUT2D eigenvalue weighted by Gasteiger charge is 2.13. The van der Waals surface area contributed by atoms with Crippen molar-refractivity contribution < 1.29 is 18.8 Å². The van der Waals surface area contributed by atoms with Crippen LogP contribution in [0.4, 0.5) is 10.1 Å². The summed E-state index contributed by atoms with van der Waals surface area (Å²) in [5.41, 5.74) is 5.37. The summed E-state index contributed by atoms with van der Waals surface area (Å²) in [4.78, 5) is 34.6. The van der Waals surface area contributed by atoms with Gasteiger partial charge >= 0.3 is 0 Å². The highest BCUT2D eigenvalue weighted by Crippen LogP contribution is 2.17. The maximum atomic E-state index is 13.8. The number of nitrogens with one attached hydrogen (secondary N) is 2. The zero-order chi connectivity index (χ0) is 17.7. The molecule has 0 aliphatic heterocycles. The van der Waals surface area contributed by atoms with Crippen molar-refractivity contribution in [1.29, 1.82) is 0 Å². The summed E-state index contributed by atoms with van der Waals surface area (Å²) in [6, 6.07) is 10.1. The van der Waals surface area contributed by atoms with Gasteiger partial charge in [0.1, 0.15) is 5.82 Å².